The summed E-state index contributed by atoms with van der Waals surface area (Å²) in [5, 5.41) is 10.5. The number of benzene rings is 1. The third-order valence-electron chi connectivity index (χ3n) is 2.72. The predicted molar refractivity (Wildman–Crippen MR) is 61.5 cm³/mol. The van der Waals surface area contributed by atoms with Crippen molar-refractivity contribution in [3.05, 3.63) is 39.9 Å². The smallest absolute Gasteiger partial charge is 0.269 e. The molecule has 2 rings (SSSR count). The lowest BCUT2D eigenvalue weighted by Gasteiger charge is -2.22. The second kappa shape index (κ2) is 5.75. The lowest BCUT2D eigenvalue weighted by molar-refractivity contribution is -0.384. The average molecular weight is 237 g/mol. The first-order chi connectivity index (χ1) is 8.25. The molecule has 0 unspecified atom stereocenters. The van der Waals surface area contributed by atoms with Gasteiger partial charge in [-0.2, -0.15) is 0 Å². The largest absolute Gasteiger partial charge is 0.353 e. The maximum Gasteiger partial charge on any atom is 0.269 e. The number of ether oxygens (including phenoxy) is 2. The van der Waals surface area contributed by atoms with E-state index in [0.29, 0.717) is 6.61 Å². The highest BCUT2D eigenvalue weighted by Gasteiger charge is 2.14. The van der Waals surface area contributed by atoms with Gasteiger partial charge in [-0.25, -0.2) is 0 Å². The molecular weight excluding hydrogens is 222 g/mol. The number of nitro groups is 1. The van der Waals surface area contributed by atoms with Gasteiger partial charge in [-0.1, -0.05) is 0 Å². The molecule has 17 heavy (non-hydrogen) atoms. The predicted octanol–water partition coefficient (Wildman–Crippen LogP) is 2.64. The van der Waals surface area contributed by atoms with Crippen LogP contribution in [0.1, 0.15) is 24.8 Å². The molecule has 1 saturated heterocycles. The molecule has 0 radical (unpaired) electrons. The van der Waals surface area contributed by atoms with Crippen molar-refractivity contribution in [2.75, 3.05) is 6.61 Å². The maximum atomic E-state index is 10.5. The van der Waals surface area contributed by atoms with Crippen LogP contribution in [0.2, 0.25) is 0 Å². The number of non-ortho nitro benzene ring substituents is 1. The van der Waals surface area contributed by atoms with Crippen LogP contribution in [-0.4, -0.2) is 17.8 Å². The lowest BCUT2D eigenvalue weighted by atomic mass is 10.2. The molecule has 5 heteroatoms. The molecule has 1 aromatic carbocycles. The van der Waals surface area contributed by atoms with Gasteiger partial charge >= 0.3 is 0 Å². The first-order valence-electron chi connectivity index (χ1n) is 5.72. The van der Waals surface area contributed by atoms with Crippen LogP contribution < -0.4 is 0 Å². The lowest BCUT2D eigenvalue weighted by Crippen LogP contribution is -2.21. The van der Waals surface area contributed by atoms with E-state index in [2.05, 4.69) is 0 Å². The van der Waals surface area contributed by atoms with E-state index < -0.39 is 4.92 Å². The van der Waals surface area contributed by atoms with E-state index in [0.717, 1.165) is 31.4 Å². The Labute approximate surface area is 99.5 Å². The summed E-state index contributed by atoms with van der Waals surface area (Å²) in [6.07, 6.45) is 3.02. The van der Waals surface area contributed by atoms with E-state index in [1.54, 1.807) is 12.1 Å². The third-order valence-corrected chi connectivity index (χ3v) is 2.72. The van der Waals surface area contributed by atoms with Crippen LogP contribution in [0.5, 0.6) is 0 Å². The molecule has 0 bridgehead atoms. The highest BCUT2D eigenvalue weighted by molar-refractivity contribution is 5.32. The molecule has 1 aliphatic rings. The molecule has 0 saturated carbocycles. The van der Waals surface area contributed by atoms with Crippen molar-refractivity contribution in [1.29, 1.82) is 0 Å². The van der Waals surface area contributed by atoms with Crippen LogP contribution in [-0.2, 0) is 16.1 Å². The highest BCUT2D eigenvalue weighted by Crippen LogP contribution is 2.17. The molecule has 0 N–H and O–H groups in total. The van der Waals surface area contributed by atoms with Crippen molar-refractivity contribution in [3.63, 3.8) is 0 Å². The first kappa shape index (κ1) is 12.0. The van der Waals surface area contributed by atoms with E-state index in [9.17, 15) is 10.1 Å². The second-order valence-corrected chi connectivity index (χ2v) is 4.03. The Morgan fingerprint density at radius 2 is 2.12 bits per heavy atom. The monoisotopic (exact) mass is 237 g/mol. The molecule has 1 aromatic rings. The Bertz CT molecular complexity index is 371. The Balaban J connectivity index is 1.84. The number of hydrogen-bond donors (Lipinski definition) is 0. The highest BCUT2D eigenvalue weighted by atomic mass is 16.7. The standard InChI is InChI=1S/C12H15NO4/c14-13(15)11-6-4-10(5-7-11)9-17-12-3-1-2-8-16-12/h4-7,12H,1-3,8-9H2/t12-/m0/s1. The minimum Gasteiger partial charge on any atom is -0.353 e. The van der Waals surface area contributed by atoms with Crippen molar-refractivity contribution < 1.29 is 14.4 Å². The average Bonchev–Trinajstić information content (AvgIpc) is 2.38. The van der Waals surface area contributed by atoms with Gasteiger partial charge in [-0.15, -0.1) is 0 Å². The zero-order chi connectivity index (χ0) is 12.1. The van der Waals surface area contributed by atoms with Crippen LogP contribution in [0, 0.1) is 10.1 Å². The maximum absolute atomic E-state index is 10.5. The molecule has 0 aliphatic carbocycles. The van der Waals surface area contributed by atoms with Gasteiger partial charge in [0.25, 0.3) is 5.69 Å². The van der Waals surface area contributed by atoms with Gasteiger partial charge in [0.1, 0.15) is 0 Å². The number of hydrogen-bond acceptors (Lipinski definition) is 4. The van der Waals surface area contributed by atoms with Crippen molar-refractivity contribution in [2.45, 2.75) is 32.2 Å². The minimum atomic E-state index is -0.408. The topological polar surface area (TPSA) is 61.6 Å². The third kappa shape index (κ3) is 3.51. The Morgan fingerprint density at radius 3 is 2.71 bits per heavy atom. The second-order valence-electron chi connectivity index (χ2n) is 4.03. The first-order valence-corrected chi connectivity index (χ1v) is 5.72. The zero-order valence-corrected chi connectivity index (χ0v) is 9.50. The molecule has 0 aromatic heterocycles. The molecule has 1 heterocycles. The SMILES string of the molecule is O=[N+]([O-])c1ccc(CO[C@H]2CCCCO2)cc1. The van der Waals surface area contributed by atoms with Crippen LogP contribution in [0.3, 0.4) is 0 Å². The van der Waals surface area contributed by atoms with Crippen LogP contribution >= 0.6 is 0 Å². The summed E-state index contributed by atoms with van der Waals surface area (Å²) < 4.78 is 11.0. The normalized spacial score (nSPS) is 20.1. The molecular formula is C12H15NO4. The molecule has 92 valence electrons. The van der Waals surface area contributed by atoms with Crippen LogP contribution in [0.25, 0.3) is 0 Å². The van der Waals surface area contributed by atoms with Crippen molar-refractivity contribution in [2.24, 2.45) is 0 Å². The van der Waals surface area contributed by atoms with E-state index in [4.69, 9.17) is 9.47 Å². The van der Waals surface area contributed by atoms with Crippen molar-refractivity contribution >= 4 is 5.69 Å². The fraction of sp³-hybridized carbons (Fsp3) is 0.500. The number of nitro benzene ring substituents is 1. The fourth-order valence-electron chi connectivity index (χ4n) is 1.75. The summed E-state index contributed by atoms with van der Waals surface area (Å²) in [5.74, 6) is 0. The summed E-state index contributed by atoms with van der Waals surface area (Å²) >= 11 is 0. The van der Waals surface area contributed by atoms with Gasteiger partial charge in [0.05, 0.1) is 11.5 Å². The summed E-state index contributed by atoms with van der Waals surface area (Å²) in [5.41, 5.74) is 1.02. The Morgan fingerprint density at radius 1 is 1.35 bits per heavy atom. The van der Waals surface area contributed by atoms with Crippen LogP contribution in [0.4, 0.5) is 5.69 Å². The summed E-state index contributed by atoms with van der Waals surface area (Å²) in [6.45, 7) is 1.19. The Hall–Kier alpha value is -1.46. The van der Waals surface area contributed by atoms with Gasteiger partial charge in [-0.3, -0.25) is 10.1 Å². The molecule has 0 amide bonds. The number of rotatable bonds is 4. The van der Waals surface area contributed by atoms with Gasteiger partial charge in [0.15, 0.2) is 6.29 Å². The summed E-state index contributed by atoms with van der Waals surface area (Å²) in [7, 11) is 0. The van der Waals surface area contributed by atoms with E-state index in [1.807, 2.05) is 0 Å². The van der Waals surface area contributed by atoms with Crippen LogP contribution in [0.15, 0.2) is 24.3 Å². The molecule has 1 fully saturated rings. The minimum absolute atomic E-state index is 0.0997. The van der Waals surface area contributed by atoms with Gasteiger partial charge < -0.3 is 9.47 Å². The fourth-order valence-corrected chi connectivity index (χ4v) is 1.75. The van der Waals surface area contributed by atoms with Crippen molar-refractivity contribution in [1.82, 2.24) is 0 Å². The molecule has 1 aliphatic heterocycles. The van der Waals surface area contributed by atoms with Gasteiger partial charge in [0, 0.05) is 18.7 Å². The molecule has 1 atom stereocenters. The van der Waals surface area contributed by atoms with E-state index in [-0.39, 0.29) is 12.0 Å². The zero-order valence-electron chi connectivity index (χ0n) is 9.50. The Kier molecular flexibility index (Phi) is 4.06. The van der Waals surface area contributed by atoms with Gasteiger partial charge in [-0.05, 0) is 37.0 Å². The quantitative estimate of drug-likeness (QED) is 0.596. The van der Waals surface area contributed by atoms with E-state index in [1.165, 1.54) is 12.1 Å². The van der Waals surface area contributed by atoms with E-state index >= 15 is 0 Å². The van der Waals surface area contributed by atoms with Gasteiger partial charge in [0.2, 0.25) is 0 Å². The summed E-state index contributed by atoms with van der Waals surface area (Å²) in [6, 6.07) is 6.39. The molecule has 5 nitrogen and oxygen atoms in total. The summed E-state index contributed by atoms with van der Waals surface area (Å²) in [4.78, 5) is 10.1. The molecule has 0 spiro atoms. The van der Waals surface area contributed by atoms with Crippen molar-refractivity contribution in [3.8, 4) is 0 Å². The number of nitrogens with zero attached hydrogens (tertiary/aromatic N) is 1.